The van der Waals surface area contributed by atoms with Gasteiger partial charge in [-0.1, -0.05) is 12.1 Å². The van der Waals surface area contributed by atoms with E-state index in [4.69, 9.17) is 4.52 Å². The predicted octanol–water partition coefficient (Wildman–Crippen LogP) is 2.33. The number of piperidine rings is 2. The van der Waals surface area contributed by atoms with Crippen molar-refractivity contribution >= 4 is 0 Å². The summed E-state index contributed by atoms with van der Waals surface area (Å²) in [5, 5.41) is 4.07. The van der Waals surface area contributed by atoms with Gasteiger partial charge in [-0.05, 0) is 57.7 Å². The zero-order chi connectivity index (χ0) is 14.7. The van der Waals surface area contributed by atoms with Crippen LogP contribution in [-0.4, -0.2) is 53.2 Å². The quantitative estimate of drug-likeness (QED) is 0.852. The SMILES string of the molecule is CCCc1noc(CN2CCC[C@]3(CCCN(C)C3)C2)n1. The second-order valence-electron chi connectivity index (χ2n) is 7.01. The lowest BCUT2D eigenvalue weighted by Crippen LogP contribution is -2.51. The van der Waals surface area contributed by atoms with Crippen molar-refractivity contribution in [1.29, 1.82) is 0 Å². The van der Waals surface area contributed by atoms with Crippen LogP contribution in [0.3, 0.4) is 0 Å². The van der Waals surface area contributed by atoms with Gasteiger partial charge in [0.05, 0.1) is 6.54 Å². The molecule has 1 aromatic heterocycles. The third-order valence-electron chi connectivity index (χ3n) is 4.94. The van der Waals surface area contributed by atoms with Crippen molar-refractivity contribution in [2.75, 3.05) is 33.2 Å². The molecule has 0 radical (unpaired) electrons. The number of nitrogens with zero attached hydrogens (tertiary/aromatic N) is 4. The smallest absolute Gasteiger partial charge is 0.240 e. The van der Waals surface area contributed by atoms with Crippen LogP contribution in [0.25, 0.3) is 0 Å². The first-order valence-electron chi connectivity index (χ1n) is 8.41. The summed E-state index contributed by atoms with van der Waals surface area (Å²) in [5.74, 6) is 1.65. The molecule has 1 spiro atoms. The summed E-state index contributed by atoms with van der Waals surface area (Å²) in [4.78, 5) is 9.53. The Balaban J connectivity index is 1.60. The second-order valence-corrected chi connectivity index (χ2v) is 7.01. The average molecular weight is 292 g/mol. The summed E-state index contributed by atoms with van der Waals surface area (Å²) in [6, 6.07) is 0. The Kier molecular flexibility index (Phi) is 4.60. The number of likely N-dealkylation sites (tertiary alicyclic amines) is 2. The molecular formula is C16H28N4O. The van der Waals surface area contributed by atoms with Crippen molar-refractivity contribution in [3.63, 3.8) is 0 Å². The van der Waals surface area contributed by atoms with Crippen LogP contribution < -0.4 is 0 Å². The molecule has 0 aliphatic carbocycles. The molecule has 1 aromatic rings. The summed E-state index contributed by atoms with van der Waals surface area (Å²) >= 11 is 0. The van der Waals surface area contributed by atoms with Gasteiger partial charge in [0.1, 0.15) is 0 Å². The molecule has 0 unspecified atom stereocenters. The van der Waals surface area contributed by atoms with E-state index < -0.39 is 0 Å². The summed E-state index contributed by atoms with van der Waals surface area (Å²) in [6.07, 6.45) is 7.36. The zero-order valence-corrected chi connectivity index (χ0v) is 13.5. The van der Waals surface area contributed by atoms with Gasteiger partial charge in [-0.25, -0.2) is 0 Å². The monoisotopic (exact) mass is 292 g/mol. The minimum Gasteiger partial charge on any atom is -0.338 e. The molecule has 0 aromatic carbocycles. The first kappa shape index (κ1) is 15.0. The van der Waals surface area contributed by atoms with Crippen molar-refractivity contribution in [2.45, 2.75) is 52.0 Å². The van der Waals surface area contributed by atoms with Crippen molar-refractivity contribution in [2.24, 2.45) is 5.41 Å². The number of aryl methyl sites for hydroxylation is 1. The molecule has 5 heteroatoms. The number of aromatic nitrogens is 2. The highest BCUT2D eigenvalue weighted by molar-refractivity contribution is 4.94. The molecule has 3 heterocycles. The first-order chi connectivity index (χ1) is 10.2. The van der Waals surface area contributed by atoms with E-state index in [-0.39, 0.29) is 0 Å². The molecule has 21 heavy (non-hydrogen) atoms. The number of rotatable bonds is 4. The Hall–Kier alpha value is -0.940. The predicted molar refractivity (Wildman–Crippen MR) is 82.0 cm³/mol. The lowest BCUT2D eigenvalue weighted by Gasteiger charge is -2.47. The standard InChI is InChI=1S/C16H28N4O/c1-3-6-14-17-15(21-18-14)11-20-10-5-8-16(13-20)7-4-9-19(2)12-16/h3-13H2,1-2H3/t16-/m0/s1. The highest BCUT2D eigenvalue weighted by atomic mass is 16.5. The van der Waals surface area contributed by atoms with Crippen LogP contribution in [0.2, 0.25) is 0 Å². The van der Waals surface area contributed by atoms with Crippen molar-refractivity contribution in [3.8, 4) is 0 Å². The number of hydrogen-bond donors (Lipinski definition) is 0. The van der Waals surface area contributed by atoms with Crippen molar-refractivity contribution < 1.29 is 4.52 Å². The Labute approximate surface area is 127 Å². The van der Waals surface area contributed by atoms with Gasteiger partial charge in [-0.15, -0.1) is 0 Å². The molecule has 0 N–H and O–H groups in total. The molecule has 2 saturated heterocycles. The fraction of sp³-hybridized carbons (Fsp3) is 0.875. The van der Waals surface area contributed by atoms with E-state index in [1.54, 1.807) is 0 Å². The van der Waals surface area contributed by atoms with Crippen LogP contribution in [0, 0.1) is 5.41 Å². The second kappa shape index (κ2) is 6.44. The lowest BCUT2D eigenvalue weighted by molar-refractivity contribution is 0.0160. The largest absolute Gasteiger partial charge is 0.338 e. The van der Waals surface area contributed by atoms with Gasteiger partial charge in [-0.3, -0.25) is 4.90 Å². The van der Waals surface area contributed by atoms with Crippen molar-refractivity contribution in [1.82, 2.24) is 19.9 Å². The van der Waals surface area contributed by atoms with Gasteiger partial charge >= 0.3 is 0 Å². The zero-order valence-electron chi connectivity index (χ0n) is 13.5. The number of hydrogen-bond acceptors (Lipinski definition) is 5. The highest BCUT2D eigenvalue weighted by Gasteiger charge is 2.38. The van der Waals surface area contributed by atoms with E-state index in [2.05, 4.69) is 33.9 Å². The normalized spacial score (nSPS) is 28.3. The minimum atomic E-state index is 0.498. The lowest BCUT2D eigenvalue weighted by atomic mass is 9.74. The van der Waals surface area contributed by atoms with E-state index in [1.165, 1.54) is 45.3 Å². The van der Waals surface area contributed by atoms with Crippen molar-refractivity contribution in [3.05, 3.63) is 11.7 Å². The Bertz CT molecular complexity index is 457. The topological polar surface area (TPSA) is 45.4 Å². The highest BCUT2D eigenvalue weighted by Crippen LogP contribution is 2.38. The maximum atomic E-state index is 5.40. The Morgan fingerprint density at radius 1 is 1.19 bits per heavy atom. The summed E-state index contributed by atoms with van der Waals surface area (Å²) in [7, 11) is 2.26. The fourth-order valence-electron chi connectivity index (χ4n) is 4.10. The van der Waals surface area contributed by atoms with E-state index in [0.717, 1.165) is 37.6 Å². The van der Waals surface area contributed by atoms with E-state index in [1.807, 2.05) is 0 Å². The van der Waals surface area contributed by atoms with Crippen LogP contribution in [0.5, 0.6) is 0 Å². The van der Waals surface area contributed by atoms with Gasteiger partial charge < -0.3 is 9.42 Å². The van der Waals surface area contributed by atoms with Crippen LogP contribution >= 0.6 is 0 Å². The van der Waals surface area contributed by atoms with Crippen LogP contribution in [-0.2, 0) is 13.0 Å². The molecule has 0 amide bonds. The van der Waals surface area contributed by atoms with Crippen LogP contribution in [0.1, 0.15) is 50.7 Å². The van der Waals surface area contributed by atoms with Gasteiger partial charge in [0.2, 0.25) is 5.89 Å². The molecular weight excluding hydrogens is 264 g/mol. The molecule has 3 rings (SSSR count). The summed E-state index contributed by atoms with van der Waals surface area (Å²) in [5.41, 5.74) is 0.498. The first-order valence-corrected chi connectivity index (χ1v) is 8.41. The summed E-state index contributed by atoms with van der Waals surface area (Å²) < 4.78 is 5.40. The third-order valence-corrected chi connectivity index (χ3v) is 4.94. The van der Waals surface area contributed by atoms with Gasteiger partial charge in [0.25, 0.3) is 0 Å². The van der Waals surface area contributed by atoms with E-state index in [9.17, 15) is 0 Å². The maximum Gasteiger partial charge on any atom is 0.240 e. The molecule has 2 aliphatic rings. The minimum absolute atomic E-state index is 0.498. The molecule has 1 atom stereocenters. The fourth-order valence-corrected chi connectivity index (χ4v) is 4.10. The maximum absolute atomic E-state index is 5.40. The molecule has 0 saturated carbocycles. The van der Waals surface area contributed by atoms with E-state index >= 15 is 0 Å². The molecule has 5 nitrogen and oxygen atoms in total. The summed E-state index contributed by atoms with van der Waals surface area (Å²) in [6.45, 7) is 7.81. The van der Waals surface area contributed by atoms with Crippen LogP contribution in [0.4, 0.5) is 0 Å². The molecule has 2 fully saturated rings. The molecule has 118 valence electrons. The Morgan fingerprint density at radius 3 is 2.76 bits per heavy atom. The van der Waals surface area contributed by atoms with Gasteiger partial charge in [-0.2, -0.15) is 4.98 Å². The molecule has 0 bridgehead atoms. The molecule has 2 aliphatic heterocycles. The Morgan fingerprint density at radius 2 is 2.00 bits per heavy atom. The average Bonchev–Trinajstić information content (AvgIpc) is 2.86. The van der Waals surface area contributed by atoms with Gasteiger partial charge in [0.15, 0.2) is 5.82 Å². The third kappa shape index (κ3) is 3.64. The van der Waals surface area contributed by atoms with Crippen LogP contribution in [0.15, 0.2) is 4.52 Å². The van der Waals surface area contributed by atoms with E-state index in [0.29, 0.717) is 5.41 Å². The van der Waals surface area contributed by atoms with Gasteiger partial charge in [0, 0.05) is 19.5 Å².